The smallest absolute Gasteiger partial charge is 0.262 e. The number of aromatic nitrogens is 4. The number of rotatable bonds is 5. The van der Waals surface area contributed by atoms with E-state index in [9.17, 15) is 17.2 Å². The second kappa shape index (κ2) is 6.89. The molecule has 142 valence electrons. The maximum Gasteiger partial charge on any atom is 0.262 e. The van der Waals surface area contributed by atoms with Crippen LogP contribution in [-0.2, 0) is 10.0 Å². The lowest BCUT2D eigenvalue weighted by Gasteiger charge is -2.08. The number of H-pyrrole nitrogens is 2. The zero-order valence-electron chi connectivity index (χ0n) is 14.1. The van der Waals surface area contributed by atoms with Gasteiger partial charge in [-0.25, -0.2) is 17.2 Å². The topological polar surface area (TPSA) is 104 Å². The molecule has 4 aromatic rings. The number of benzene rings is 2. The first-order chi connectivity index (χ1) is 13.4. The predicted molar refractivity (Wildman–Crippen MR) is 101 cm³/mol. The molecule has 0 atom stereocenters. The van der Waals surface area contributed by atoms with Gasteiger partial charge in [0.15, 0.2) is 0 Å². The van der Waals surface area contributed by atoms with Crippen LogP contribution < -0.4 is 4.72 Å². The number of fused-ring (bicyclic) bond motifs is 1. The summed E-state index contributed by atoms with van der Waals surface area (Å²) < 4.78 is 54.0. The third-order valence-electron chi connectivity index (χ3n) is 3.94. The molecule has 2 heterocycles. The van der Waals surface area contributed by atoms with Crippen molar-refractivity contribution in [1.29, 1.82) is 0 Å². The molecule has 0 aliphatic rings. The molecular formula is C18H13F2N5O2S. The molecule has 4 rings (SSSR count). The summed E-state index contributed by atoms with van der Waals surface area (Å²) in [7, 11) is -4.16. The number of nitrogens with zero attached hydrogens (tertiary/aromatic N) is 2. The second-order valence-electron chi connectivity index (χ2n) is 5.94. The third kappa shape index (κ3) is 3.62. The van der Waals surface area contributed by atoms with Gasteiger partial charge in [-0.3, -0.25) is 14.9 Å². The van der Waals surface area contributed by atoms with Gasteiger partial charge >= 0.3 is 0 Å². The molecule has 0 fully saturated rings. The Morgan fingerprint density at radius 3 is 2.54 bits per heavy atom. The number of anilines is 1. The summed E-state index contributed by atoms with van der Waals surface area (Å²) in [6.45, 7) is 0. The lowest BCUT2D eigenvalue weighted by molar-refractivity contribution is 0.568. The molecule has 28 heavy (non-hydrogen) atoms. The molecule has 10 heteroatoms. The highest BCUT2D eigenvalue weighted by atomic mass is 32.2. The van der Waals surface area contributed by atoms with Gasteiger partial charge in [0.05, 0.1) is 22.3 Å². The van der Waals surface area contributed by atoms with E-state index in [1.807, 2.05) is 0 Å². The molecule has 0 radical (unpaired) electrons. The molecule has 2 aromatic carbocycles. The Kier molecular flexibility index (Phi) is 4.40. The van der Waals surface area contributed by atoms with Crippen LogP contribution in [0.2, 0.25) is 0 Å². The SMILES string of the molecule is O=S(=O)(Nc1ccc2[nH]nc(/C=C/c3cn[nH]c3)c2c1)c1cc(F)cc(F)c1. The standard InChI is InChI=1S/C18H13F2N5O2S/c19-12-5-13(20)7-15(6-12)28(26,27)25-14-2-4-18-16(8-14)17(23-24-18)3-1-11-9-21-22-10-11/h1-10,25H,(H,21,22)(H,23,24)/b3-1+. The first-order valence-electron chi connectivity index (χ1n) is 8.05. The number of hydrogen-bond acceptors (Lipinski definition) is 4. The van der Waals surface area contributed by atoms with Crippen molar-refractivity contribution < 1.29 is 17.2 Å². The van der Waals surface area contributed by atoms with Crippen molar-refractivity contribution in [1.82, 2.24) is 20.4 Å². The molecule has 0 saturated heterocycles. The van der Waals surface area contributed by atoms with E-state index in [-0.39, 0.29) is 5.69 Å². The summed E-state index contributed by atoms with van der Waals surface area (Å²) in [6, 6.07) is 6.87. The molecule has 0 aliphatic heterocycles. The van der Waals surface area contributed by atoms with Crippen molar-refractivity contribution in [2.45, 2.75) is 4.90 Å². The average molecular weight is 401 g/mol. The quantitative estimate of drug-likeness (QED) is 0.476. The van der Waals surface area contributed by atoms with Gasteiger partial charge in [-0.15, -0.1) is 0 Å². The molecule has 0 aliphatic carbocycles. The van der Waals surface area contributed by atoms with Gasteiger partial charge < -0.3 is 0 Å². The number of halogens is 2. The zero-order chi connectivity index (χ0) is 19.7. The lowest BCUT2D eigenvalue weighted by Crippen LogP contribution is -2.13. The minimum atomic E-state index is -4.16. The van der Waals surface area contributed by atoms with Gasteiger partial charge in [0, 0.05) is 28.9 Å². The fourth-order valence-corrected chi connectivity index (χ4v) is 3.74. The fourth-order valence-electron chi connectivity index (χ4n) is 2.65. The van der Waals surface area contributed by atoms with Gasteiger partial charge in [0.2, 0.25) is 0 Å². The van der Waals surface area contributed by atoms with Crippen LogP contribution in [0.4, 0.5) is 14.5 Å². The third-order valence-corrected chi connectivity index (χ3v) is 5.30. The minimum absolute atomic E-state index is 0.233. The van der Waals surface area contributed by atoms with Crippen LogP contribution >= 0.6 is 0 Å². The molecular weight excluding hydrogens is 388 g/mol. The summed E-state index contributed by atoms with van der Waals surface area (Å²) in [6.07, 6.45) is 6.90. The van der Waals surface area contributed by atoms with Crippen molar-refractivity contribution in [3.8, 4) is 0 Å². The zero-order valence-corrected chi connectivity index (χ0v) is 15.0. The molecule has 2 aromatic heterocycles. The molecule has 3 N–H and O–H groups in total. The van der Waals surface area contributed by atoms with Crippen LogP contribution in [0.1, 0.15) is 11.3 Å². The first-order valence-corrected chi connectivity index (χ1v) is 9.53. The molecule has 0 spiro atoms. The number of sulfonamides is 1. The minimum Gasteiger partial charge on any atom is -0.285 e. The van der Waals surface area contributed by atoms with Crippen molar-refractivity contribution >= 4 is 38.8 Å². The summed E-state index contributed by atoms with van der Waals surface area (Å²) in [5.74, 6) is -1.95. The van der Waals surface area contributed by atoms with Crippen molar-refractivity contribution in [2.75, 3.05) is 4.72 Å². The van der Waals surface area contributed by atoms with Gasteiger partial charge in [-0.1, -0.05) is 0 Å². The maximum absolute atomic E-state index is 13.4. The van der Waals surface area contributed by atoms with E-state index in [0.29, 0.717) is 22.7 Å². The van der Waals surface area contributed by atoms with E-state index < -0.39 is 26.6 Å². The largest absolute Gasteiger partial charge is 0.285 e. The Morgan fingerprint density at radius 2 is 1.82 bits per heavy atom. The normalized spacial score (nSPS) is 12.1. The molecule has 0 unspecified atom stereocenters. The van der Waals surface area contributed by atoms with Crippen LogP contribution in [0.15, 0.2) is 53.7 Å². The molecule has 0 bridgehead atoms. The van der Waals surface area contributed by atoms with Crippen LogP contribution in [0, 0.1) is 11.6 Å². The van der Waals surface area contributed by atoms with E-state index in [4.69, 9.17) is 0 Å². The van der Waals surface area contributed by atoms with E-state index in [0.717, 1.165) is 17.7 Å². The van der Waals surface area contributed by atoms with E-state index >= 15 is 0 Å². The average Bonchev–Trinajstić information content (AvgIpc) is 3.28. The summed E-state index contributed by atoms with van der Waals surface area (Å²) in [5.41, 5.74) is 2.37. The maximum atomic E-state index is 13.4. The van der Waals surface area contributed by atoms with Gasteiger partial charge in [0.1, 0.15) is 11.6 Å². The molecule has 0 saturated carbocycles. The van der Waals surface area contributed by atoms with Crippen LogP contribution in [0.25, 0.3) is 23.1 Å². The van der Waals surface area contributed by atoms with E-state index in [1.54, 1.807) is 36.7 Å². The van der Waals surface area contributed by atoms with Gasteiger partial charge in [0.25, 0.3) is 10.0 Å². The van der Waals surface area contributed by atoms with E-state index in [2.05, 4.69) is 25.1 Å². The van der Waals surface area contributed by atoms with Crippen molar-refractivity contribution in [2.24, 2.45) is 0 Å². The highest BCUT2D eigenvalue weighted by Crippen LogP contribution is 2.24. The Hall–Kier alpha value is -3.53. The second-order valence-corrected chi connectivity index (χ2v) is 7.63. The highest BCUT2D eigenvalue weighted by molar-refractivity contribution is 7.92. The lowest BCUT2D eigenvalue weighted by atomic mass is 10.1. The van der Waals surface area contributed by atoms with E-state index in [1.165, 1.54) is 6.07 Å². The van der Waals surface area contributed by atoms with Gasteiger partial charge in [-0.05, 0) is 42.5 Å². The van der Waals surface area contributed by atoms with Crippen LogP contribution in [0.5, 0.6) is 0 Å². The Morgan fingerprint density at radius 1 is 1.04 bits per heavy atom. The number of nitrogens with one attached hydrogen (secondary N) is 3. The number of aromatic amines is 2. The van der Waals surface area contributed by atoms with Gasteiger partial charge in [-0.2, -0.15) is 10.2 Å². The summed E-state index contributed by atoms with van der Waals surface area (Å²) in [5, 5.41) is 14.3. The summed E-state index contributed by atoms with van der Waals surface area (Å²) >= 11 is 0. The molecule has 0 amide bonds. The first kappa shape index (κ1) is 17.9. The number of hydrogen-bond donors (Lipinski definition) is 3. The van der Waals surface area contributed by atoms with Crippen LogP contribution in [-0.4, -0.2) is 28.8 Å². The Labute approximate surface area is 158 Å². The Bertz CT molecular complexity index is 1260. The molecule has 7 nitrogen and oxygen atoms in total. The Balaban J connectivity index is 1.66. The predicted octanol–water partition coefficient (Wildman–Crippen LogP) is 3.54. The fraction of sp³-hybridized carbons (Fsp3) is 0. The van der Waals surface area contributed by atoms with Crippen LogP contribution in [0.3, 0.4) is 0 Å². The van der Waals surface area contributed by atoms with Crippen molar-refractivity contribution in [3.63, 3.8) is 0 Å². The summed E-state index contributed by atoms with van der Waals surface area (Å²) in [4.78, 5) is -0.502. The monoisotopic (exact) mass is 401 g/mol. The van der Waals surface area contributed by atoms with Crippen molar-refractivity contribution in [3.05, 3.63) is 71.7 Å². The highest BCUT2D eigenvalue weighted by Gasteiger charge is 2.17.